The van der Waals surface area contributed by atoms with Gasteiger partial charge in [0.25, 0.3) is 5.91 Å². The van der Waals surface area contributed by atoms with Crippen LogP contribution in [0.1, 0.15) is 6.42 Å². The maximum atomic E-state index is 13.4. The molecule has 1 heterocycles. The number of hydrogen-bond donors (Lipinski definition) is 0. The van der Waals surface area contributed by atoms with Crippen molar-refractivity contribution in [2.75, 3.05) is 11.4 Å². The standard InChI is InChI=1S/C10H7BrFNO2/c11-6-1-2-7(12)8(5-6)13-4-3-9(14)10(13)15/h1-2,5H,3-4H2. The average molecular weight is 272 g/mol. The van der Waals surface area contributed by atoms with Crippen LogP contribution in [0.5, 0.6) is 0 Å². The number of benzene rings is 1. The Bertz CT molecular complexity index is 447. The van der Waals surface area contributed by atoms with Gasteiger partial charge in [0.15, 0.2) is 0 Å². The van der Waals surface area contributed by atoms with Gasteiger partial charge in [0, 0.05) is 17.4 Å². The van der Waals surface area contributed by atoms with Gasteiger partial charge < -0.3 is 4.90 Å². The van der Waals surface area contributed by atoms with Gasteiger partial charge in [0.1, 0.15) is 5.82 Å². The predicted octanol–water partition coefficient (Wildman–Crippen LogP) is 1.89. The Morgan fingerprint density at radius 2 is 2.07 bits per heavy atom. The van der Waals surface area contributed by atoms with Crippen molar-refractivity contribution in [1.82, 2.24) is 0 Å². The number of ketones is 1. The Labute approximate surface area is 94.0 Å². The molecule has 0 unspecified atom stereocenters. The normalized spacial score (nSPS) is 16.3. The largest absolute Gasteiger partial charge is 0.302 e. The Kier molecular flexibility index (Phi) is 2.56. The molecule has 1 aromatic rings. The summed E-state index contributed by atoms with van der Waals surface area (Å²) in [5.74, 6) is -1.59. The number of amides is 1. The lowest BCUT2D eigenvalue weighted by Crippen LogP contribution is -2.27. The highest BCUT2D eigenvalue weighted by atomic mass is 79.9. The van der Waals surface area contributed by atoms with Gasteiger partial charge in [-0.2, -0.15) is 0 Å². The molecule has 1 saturated heterocycles. The molecule has 0 aliphatic carbocycles. The average Bonchev–Trinajstić information content (AvgIpc) is 2.52. The lowest BCUT2D eigenvalue weighted by molar-refractivity contribution is -0.133. The molecular weight excluding hydrogens is 265 g/mol. The fourth-order valence-electron chi connectivity index (χ4n) is 1.49. The first-order chi connectivity index (χ1) is 7.09. The van der Waals surface area contributed by atoms with E-state index in [0.717, 1.165) is 0 Å². The molecule has 3 nitrogen and oxygen atoms in total. The number of carbonyl (C=O) groups excluding carboxylic acids is 2. The van der Waals surface area contributed by atoms with E-state index in [-0.39, 0.29) is 18.7 Å². The van der Waals surface area contributed by atoms with Crippen molar-refractivity contribution in [3.63, 3.8) is 0 Å². The molecule has 0 saturated carbocycles. The van der Waals surface area contributed by atoms with Crippen LogP contribution in [0.15, 0.2) is 22.7 Å². The summed E-state index contributed by atoms with van der Waals surface area (Å²) in [5, 5.41) is 0. The number of rotatable bonds is 1. The first-order valence-electron chi connectivity index (χ1n) is 4.39. The zero-order valence-electron chi connectivity index (χ0n) is 7.67. The summed E-state index contributed by atoms with van der Waals surface area (Å²) in [5.41, 5.74) is 0.153. The molecule has 5 heteroatoms. The summed E-state index contributed by atoms with van der Waals surface area (Å²) < 4.78 is 14.1. The van der Waals surface area contributed by atoms with Crippen molar-refractivity contribution in [2.24, 2.45) is 0 Å². The summed E-state index contributed by atoms with van der Waals surface area (Å²) in [6.07, 6.45) is 0.158. The van der Waals surface area contributed by atoms with E-state index in [1.807, 2.05) is 0 Å². The van der Waals surface area contributed by atoms with E-state index in [1.54, 1.807) is 6.07 Å². The number of nitrogens with zero attached hydrogens (tertiary/aromatic N) is 1. The van der Waals surface area contributed by atoms with Crippen molar-refractivity contribution < 1.29 is 14.0 Å². The van der Waals surface area contributed by atoms with Crippen LogP contribution in [0, 0.1) is 5.82 Å². The number of halogens is 2. The Hall–Kier alpha value is -1.23. The van der Waals surface area contributed by atoms with Crippen molar-refractivity contribution in [2.45, 2.75) is 6.42 Å². The van der Waals surface area contributed by atoms with E-state index in [1.165, 1.54) is 17.0 Å². The molecule has 0 N–H and O–H groups in total. The van der Waals surface area contributed by atoms with Gasteiger partial charge in [0.05, 0.1) is 5.69 Å². The van der Waals surface area contributed by atoms with Crippen molar-refractivity contribution in [3.05, 3.63) is 28.5 Å². The molecule has 15 heavy (non-hydrogen) atoms. The van der Waals surface area contributed by atoms with E-state index in [2.05, 4.69) is 15.9 Å². The second-order valence-electron chi connectivity index (χ2n) is 3.23. The molecule has 1 aliphatic rings. The van der Waals surface area contributed by atoms with Crippen LogP contribution in [0.25, 0.3) is 0 Å². The third kappa shape index (κ3) is 1.79. The van der Waals surface area contributed by atoms with Crippen LogP contribution in [0.3, 0.4) is 0 Å². The van der Waals surface area contributed by atoms with Crippen LogP contribution >= 0.6 is 15.9 Å². The van der Waals surface area contributed by atoms with Crippen LogP contribution < -0.4 is 4.90 Å². The predicted molar refractivity (Wildman–Crippen MR) is 56.1 cm³/mol. The fourth-order valence-corrected chi connectivity index (χ4v) is 1.84. The van der Waals surface area contributed by atoms with Gasteiger partial charge in [-0.25, -0.2) is 4.39 Å². The molecule has 1 aliphatic heterocycles. The van der Waals surface area contributed by atoms with E-state index in [0.29, 0.717) is 4.47 Å². The van der Waals surface area contributed by atoms with Gasteiger partial charge in [0.2, 0.25) is 5.78 Å². The lowest BCUT2D eigenvalue weighted by atomic mass is 10.3. The highest BCUT2D eigenvalue weighted by Gasteiger charge is 2.31. The van der Waals surface area contributed by atoms with Gasteiger partial charge in [-0.1, -0.05) is 15.9 Å². The smallest absolute Gasteiger partial charge is 0.294 e. The second-order valence-corrected chi connectivity index (χ2v) is 4.14. The van der Waals surface area contributed by atoms with Gasteiger partial charge in [-0.05, 0) is 18.2 Å². The zero-order valence-corrected chi connectivity index (χ0v) is 9.25. The summed E-state index contributed by atoms with van der Waals surface area (Å²) in [4.78, 5) is 23.6. The van der Waals surface area contributed by atoms with Crippen LogP contribution in [-0.2, 0) is 9.59 Å². The molecule has 0 radical (unpaired) electrons. The minimum Gasteiger partial charge on any atom is -0.302 e. The van der Waals surface area contributed by atoms with Gasteiger partial charge >= 0.3 is 0 Å². The molecule has 0 atom stereocenters. The molecule has 0 spiro atoms. The summed E-state index contributed by atoms with van der Waals surface area (Å²) >= 11 is 3.19. The Balaban J connectivity index is 2.42. The molecule has 0 bridgehead atoms. The van der Waals surface area contributed by atoms with Gasteiger partial charge in [-0.3, -0.25) is 9.59 Å². The summed E-state index contributed by atoms with van der Waals surface area (Å²) in [6, 6.07) is 4.29. The minimum absolute atomic E-state index is 0.153. The molecule has 1 aromatic carbocycles. The molecule has 0 aromatic heterocycles. The van der Waals surface area contributed by atoms with Crippen molar-refractivity contribution in [3.8, 4) is 0 Å². The molecular formula is C10H7BrFNO2. The first kappa shape index (κ1) is 10.3. The van der Waals surface area contributed by atoms with Crippen molar-refractivity contribution in [1.29, 1.82) is 0 Å². The lowest BCUT2D eigenvalue weighted by Gasteiger charge is -2.15. The highest BCUT2D eigenvalue weighted by molar-refractivity contribution is 9.10. The molecule has 1 amide bonds. The van der Waals surface area contributed by atoms with E-state index in [4.69, 9.17) is 0 Å². The maximum Gasteiger partial charge on any atom is 0.294 e. The number of Topliss-reactive ketones (excluding diaryl/α,β-unsaturated/α-hetero) is 1. The van der Waals surface area contributed by atoms with Crippen LogP contribution in [0.2, 0.25) is 0 Å². The highest BCUT2D eigenvalue weighted by Crippen LogP contribution is 2.26. The van der Waals surface area contributed by atoms with Crippen molar-refractivity contribution >= 4 is 33.3 Å². The summed E-state index contributed by atoms with van der Waals surface area (Å²) in [6.45, 7) is 0.255. The molecule has 1 fully saturated rings. The van der Waals surface area contributed by atoms with E-state index in [9.17, 15) is 14.0 Å². The summed E-state index contributed by atoms with van der Waals surface area (Å²) in [7, 11) is 0. The van der Waals surface area contributed by atoms with Crippen LogP contribution in [0.4, 0.5) is 10.1 Å². The van der Waals surface area contributed by atoms with Gasteiger partial charge in [-0.15, -0.1) is 0 Å². The fraction of sp³-hybridized carbons (Fsp3) is 0.200. The second kappa shape index (κ2) is 3.73. The maximum absolute atomic E-state index is 13.4. The topological polar surface area (TPSA) is 37.4 Å². The minimum atomic E-state index is -0.632. The third-order valence-corrected chi connectivity index (χ3v) is 2.74. The third-order valence-electron chi connectivity index (χ3n) is 2.25. The Morgan fingerprint density at radius 3 is 2.67 bits per heavy atom. The van der Waals surface area contributed by atoms with E-state index >= 15 is 0 Å². The Morgan fingerprint density at radius 1 is 1.33 bits per heavy atom. The van der Waals surface area contributed by atoms with Crippen LogP contribution in [-0.4, -0.2) is 18.2 Å². The monoisotopic (exact) mass is 271 g/mol. The first-order valence-corrected chi connectivity index (χ1v) is 5.18. The zero-order chi connectivity index (χ0) is 11.0. The molecule has 2 rings (SSSR count). The SMILES string of the molecule is O=C1CCN(c2cc(Br)ccc2F)C1=O. The van der Waals surface area contributed by atoms with E-state index < -0.39 is 17.5 Å². The number of hydrogen-bond acceptors (Lipinski definition) is 2. The quantitative estimate of drug-likeness (QED) is 0.732. The number of anilines is 1. The molecule has 78 valence electrons. The number of carbonyl (C=O) groups is 2.